The maximum atomic E-state index is 12.8. The molecule has 11 heteroatoms. The lowest BCUT2D eigenvalue weighted by Crippen LogP contribution is -2.19. The maximum absolute atomic E-state index is 12.8. The molecule has 3 aromatic carbocycles. The third kappa shape index (κ3) is 5.10. The average Bonchev–Trinajstić information content (AvgIpc) is 3.33. The summed E-state index contributed by atoms with van der Waals surface area (Å²) in [5.41, 5.74) is 3.56. The first-order valence-electron chi connectivity index (χ1n) is 10.3. The van der Waals surface area contributed by atoms with E-state index >= 15 is 0 Å². The van der Waals surface area contributed by atoms with Crippen LogP contribution in [0.4, 0.5) is 0 Å². The molecule has 2 heterocycles. The van der Waals surface area contributed by atoms with Crippen LogP contribution >= 0.6 is 31.9 Å². The van der Waals surface area contributed by atoms with Gasteiger partial charge in [-0.3, -0.25) is 4.79 Å². The van der Waals surface area contributed by atoms with E-state index in [0.717, 1.165) is 0 Å². The summed E-state index contributed by atoms with van der Waals surface area (Å²) < 4.78 is 28.4. The highest BCUT2D eigenvalue weighted by Crippen LogP contribution is 2.35. The Hall–Kier alpha value is -3.57. The number of hydrogen-bond donors (Lipinski definition) is 1. The molecule has 0 fully saturated rings. The van der Waals surface area contributed by atoms with Crippen molar-refractivity contribution in [2.45, 2.75) is 0 Å². The van der Waals surface area contributed by atoms with E-state index in [0.29, 0.717) is 61.8 Å². The second-order valence-corrected chi connectivity index (χ2v) is 9.09. The molecule has 0 saturated heterocycles. The molecule has 0 aromatic heterocycles. The minimum atomic E-state index is -0.596. The smallest absolute Gasteiger partial charge is 0.343 e. The molecule has 0 unspecified atom stereocenters. The number of esters is 1. The zero-order valence-electron chi connectivity index (χ0n) is 17.9. The summed E-state index contributed by atoms with van der Waals surface area (Å²) in [5.74, 6) is 1.32. The molecule has 0 atom stereocenters. The van der Waals surface area contributed by atoms with Gasteiger partial charge in [-0.15, -0.1) is 0 Å². The lowest BCUT2D eigenvalue weighted by Gasteiger charge is -2.18. The van der Waals surface area contributed by atoms with E-state index in [2.05, 4.69) is 42.4 Å². The molecule has 3 aromatic rings. The Bertz CT molecular complexity index is 1360. The standard InChI is InChI=1S/C24H16Br2N2O7/c25-16-7-15(11-27-28-23(29)13-1-3-18-20(8-13)32-6-5-31-18)22(17(26)10-16)35-24(30)14-2-4-19-21(9-14)34-12-33-19/h1-4,7-11H,5-6,12H2,(H,28,29)/b27-11-. The number of hydrogen-bond acceptors (Lipinski definition) is 8. The highest BCUT2D eigenvalue weighted by Gasteiger charge is 2.20. The molecular weight excluding hydrogens is 588 g/mol. The van der Waals surface area contributed by atoms with E-state index < -0.39 is 11.9 Å². The normalized spacial score (nSPS) is 13.5. The second-order valence-electron chi connectivity index (χ2n) is 7.32. The fourth-order valence-electron chi connectivity index (χ4n) is 3.37. The summed E-state index contributed by atoms with van der Waals surface area (Å²) >= 11 is 6.82. The second kappa shape index (κ2) is 9.96. The van der Waals surface area contributed by atoms with Gasteiger partial charge in [-0.05, 0) is 64.5 Å². The van der Waals surface area contributed by atoms with Crippen molar-refractivity contribution >= 4 is 50.0 Å². The number of nitrogens with zero attached hydrogens (tertiary/aromatic N) is 1. The van der Waals surface area contributed by atoms with Crippen molar-refractivity contribution in [1.82, 2.24) is 5.43 Å². The first-order valence-corrected chi connectivity index (χ1v) is 11.9. The van der Waals surface area contributed by atoms with Crippen LogP contribution in [0.1, 0.15) is 26.3 Å². The number of ether oxygens (including phenoxy) is 5. The van der Waals surface area contributed by atoms with Gasteiger partial charge in [0.2, 0.25) is 6.79 Å². The van der Waals surface area contributed by atoms with E-state index in [1.165, 1.54) is 6.21 Å². The molecule has 2 aliphatic heterocycles. The molecule has 9 nitrogen and oxygen atoms in total. The number of fused-ring (bicyclic) bond motifs is 2. The fraction of sp³-hybridized carbons (Fsp3) is 0.125. The van der Waals surface area contributed by atoms with Crippen molar-refractivity contribution in [3.8, 4) is 28.7 Å². The van der Waals surface area contributed by atoms with Crippen LogP contribution < -0.4 is 29.1 Å². The van der Waals surface area contributed by atoms with Crippen molar-refractivity contribution < 1.29 is 33.3 Å². The fourth-order valence-corrected chi connectivity index (χ4v) is 4.71. The molecule has 178 valence electrons. The predicted octanol–water partition coefficient (Wildman–Crippen LogP) is 4.69. The Morgan fingerprint density at radius 2 is 1.51 bits per heavy atom. The summed E-state index contributed by atoms with van der Waals surface area (Å²) in [6.45, 7) is 0.985. The van der Waals surface area contributed by atoms with Gasteiger partial charge in [0, 0.05) is 15.6 Å². The van der Waals surface area contributed by atoms with Gasteiger partial charge >= 0.3 is 5.97 Å². The lowest BCUT2D eigenvalue weighted by molar-refractivity contribution is 0.0732. The molecule has 0 radical (unpaired) electrons. The Morgan fingerprint density at radius 1 is 0.857 bits per heavy atom. The molecule has 1 amide bonds. The molecule has 2 aliphatic rings. The summed E-state index contributed by atoms with van der Waals surface area (Å²) in [6.07, 6.45) is 1.38. The Balaban J connectivity index is 1.32. The summed E-state index contributed by atoms with van der Waals surface area (Å²) in [7, 11) is 0. The number of halogens is 2. The van der Waals surface area contributed by atoms with Crippen LogP contribution in [0.15, 0.2) is 62.6 Å². The van der Waals surface area contributed by atoms with Crippen LogP contribution in [0.5, 0.6) is 28.7 Å². The number of rotatable bonds is 5. The minimum absolute atomic E-state index is 0.102. The molecule has 0 saturated carbocycles. The van der Waals surface area contributed by atoms with Gasteiger partial charge < -0.3 is 23.7 Å². The number of nitrogens with one attached hydrogen (secondary N) is 1. The van der Waals surface area contributed by atoms with E-state index in [1.54, 1.807) is 48.5 Å². The molecular formula is C24H16Br2N2O7. The van der Waals surface area contributed by atoms with Gasteiger partial charge in [0.05, 0.1) is 16.3 Å². The minimum Gasteiger partial charge on any atom is -0.486 e. The highest BCUT2D eigenvalue weighted by atomic mass is 79.9. The summed E-state index contributed by atoms with van der Waals surface area (Å²) in [5, 5.41) is 4.03. The topological polar surface area (TPSA) is 105 Å². The molecule has 5 rings (SSSR count). The maximum Gasteiger partial charge on any atom is 0.343 e. The van der Waals surface area contributed by atoms with Crippen LogP contribution in [-0.4, -0.2) is 38.1 Å². The zero-order valence-corrected chi connectivity index (χ0v) is 21.1. The zero-order chi connectivity index (χ0) is 24.4. The first-order chi connectivity index (χ1) is 17.0. The van der Waals surface area contributed by atoms with Gasteiger partial charge in [0.25, 0.3) is 5.91 Å². The van der Waals surface area contributed by atoms with E-state index in [1.807, 2.05) is 0 Å². The van der Waals surface area contributed by atoms with Crippen molar-refractivity contribution in [3.63, 3.8) is 0 Å². The largest absolute Gasteiger partial charge is 0.486 e. The molecule has 0 spiro atoms. The third-order valence-electron chi connectivity index (χ3n) is 5.01. The van der Waals surface area contributed by atoms with Gasteiger partial charge in [-0.1, -0.05) is 15.9 Å². The number of amides is 1. The van der Waals surface area contributed by atoms with Crippen LogP contribution in [0.2, 0.25) is 0 Å². The quantitative estimate of drug-likeness (QED) is 0.195. The van der Waals surface area contributed by atoms with Crippen molar-refractivity contribution in [3.05, 3.63) is 74.2 Å². The summed E-state index contributed by atoms with van der Waals surface area (Å²) in [4.78, 5) is 25.3. The number of hydrazone groups is 1. The van der Waals surface area contributed by atoms with Crippen LogP contribution in [0.3, 0.4) is 0 Å². The predicted molar refractivity (Wildman–Crippen MR) is 132 cm³/mol. The third-order valence-corrected chi connectivity index (χ3v) is 6.06. The van der Waals surface area contributed by atoms with E-state index in [9.17, 15) is 9.59 Å². The van der Waals surface area contributed by atoms with Gasteiger partial charge in [-0.2, -0.15) is 5.10 Å². The molecule has 0 bridgehead atoms. The lowest BCUT2D eigenvalue weighted by atomic mass is 10.2. The highest BCUT2D eigenvalue weighted by molar-refractivity contribution is 9.11. The molecule has 1 N–H and O–H groups in total. The van der Waals surface area contributed by atoms with Crippen molar-refractivity contribution in [2.24, 2.45) is 5.10 Å². The monoisotopic (exact) mass is 602 g/mol. The Kier molecular flexibility index (Phi) is 6.60. The van der Waals surface area contributed by atoms with Gasteiger partial charge in [0.1, 0.15) is 13.2 Å². The van der Waals surface area contributed by atoms with Crippen LogP contribution in [0, 0.1) is 0 Å². The van der Waals surface area contributed by atoms with Gasteiger partial charge in [-0.25, -0.2) is 10.2 Å². The van der Waals surface area contributed by atoms with Crippen LogP contribution in [-0.2, 0) is 0 Å². The van der Waals surface area contributed by atoms with E-state index in [-0.39, 0.29) is 12.5 Å². The number of benzene rings is 3. The first kappa shape index (κ1) is 23.2. The molecule has 0 aliphatic carbocycles. The summed E-state index contributed by atoms with van der Waals surface area (Å²) in [6, 6.07) is 13.1. The van der Waals surface area contributed by atoms with Crippen LogP contribution in [0.25, 0.3) is 0 Å². The molecule has 35 heavy (non-hydrogen) atoms. The van der Waals surface area contributed by atoms with Crippen molar-refractivity contribution in [2.75, 3.05) is 20.0 Å². The Morgan fingerprint density at radius 3 is 2.34 bits per heavy atom. The number of carbonyl (C=O) groups excluding carboxylic acids is 2. The average molecular weight is 604 g/mol. The Labute approximate surface area is 216 Å². The van der Waals surface area contributed by atoms with E-state index in [4.69, 9.17) is 23.7 Å². The SMILES string of the molecule is O=C(N/N=C\c1cc(Br)cc(Br)c1OC(=O)c1ccc2c(c1)OCO2)c1ccc2c(c1)OCCO2. The van der Waals surface area contributed by atoms with Gasteiger partial charge in [0.15, 0.2) is 28.7 Å². The number of carbonyl (C=O) groups is 2. The van der Waals surface area contributed by atoms with Crippen molar-refractivity contribution in [1.29, 1.82) is 0 Å².